The molecule has 1 aromatic heterocycles. The number of rotatable bonds is 4. The van der Waals surface area contributed by atoms with E-state index >= 15 is 0 Å². The van der Waals surface area contributed by atoms with Gasteiger partial charge in [-0.05, 0) is 26.4 Å². The molecular formula is C12H22N6O. The van der Waals surface area contributed by atoms with Crippen molar-refractivity contribution in [1.29, 1.82) is 0 Å². The molecule has 1 fully saturated rings. The summed E-state index contributed by atoms with van der Waals surface area (Å²) in [5.74, 6) is 0. The van der Waals surface area contributed by atoms with Crippen LogP contribution in [0.5, 0.6) is 0 Å². The van der Waals surface area contributed by atoms with Crippen molar-refractivity contribution in [3.63, 3.8) is 0 Å². The van der Waals surface area contributed by atoms with Crippen molar-refractivity contribution >= 4 is 6.03 Å². The van der Waals surface area contributed by atoms with E-state index in [0.717, 1.165) is 45.6 Å². The number of aromatic nitrogens is 3. The summed E-state index contributed by atoms with van der Waals surface area (Å²) in [6, 6.07) is 0.0499. The molecule has 1 saturated heterocycles. The molecule has 2 rings (SSSR count). The van der Waals surface area contributed by atoms with E-state index in [1.54, 1.807) is 11.0 Å². The first-order valence-electron chi connectivity index (χ1n) is 6.79. The summed E-state index contributed by atoms with van der Waals surface area (Å²) < 4.78 is 1.77. The van der Waals surface area contributed by atoms with Gasteiger partial charge in [-0.2, -0.15) is 5.10 Å². The average Bonchev–Trinajstić information content (AvgIpc) is 2.82. The van der Waals surface area contributed by atoms with Crippen molar-refractivity contribution in [3.05, 3.63) is 12.7 Å². The van der Waals surface area contributed by atoms with Crippen LogP contribution in [0, 0.1) is 0 Å². The first kappa shape index (κ1) is 13.8. The predicted octanol–water partition coefficient (Wildman–Crippen LogP) is 0.0153. The lowest BCUT2D eigenvalue weighted by atomic mass is 10.4. The second-order valence-electron chi connectivity index (χ2n) is 4.89. The fraction of sp³-hybridized carbons (Fsp3) is 0.750. The molecule has 0 spiro atoms. The smallest absolute Gasteiger partial charge is 0.317 e. The lowest BCUT2D eigenvalue weighted by Crippen LogP contribution is -2.42. The van der Waals surface area contributed by atoms with Crippen LogP contribution in [0.25, 0.3) is 0 Å². The summed E-state index contributed by atoms with van der Waals surface area (Å²) in [4.78, 5) is 20.0. The van der Waals surface area contributed by atoms with Gasteiger partial charge in [0.05, 0.1) is 0 Å². The summed E-state index contributed by atoms with van der Waals surface area (Å²) in [5, 5.41) is 6.98. The van der Waals surface area contributed by atoms with Crippen LogP contribution in [0.2, 0.25) is 0 Å². The van der Waals surface area contributed by atoms with Crippen LogP contribution in [0.4, 0.5) is 4.79 Å². The third-order valence-electron chi connectivity index (χ3n) is 3.31. The number of hydrogen-bond donors (Lipinski definition) is 1. The summed E-state index contributed by atoms with van der Waals surface area (Å²) in [6.07, 6.45) is 5.12. The molecule has 1 N–H and O–H groups in total. The summed E-state index contributed by atoms with van der Waals surface area (Å²) in [5.41, 5.74) is 0. The number of hydrogen-bond acceptors (Lipinski definition) is 4. The Bertz CT molecular complexity index is 380. The van der Waals surface area contributed by atoms with E-state index < -0.39 is 0 Å². The molecule has 106 valence electrons. The van der Waals surface area contributed by atoms with Gasteiger partial charge < -0.3 is 15.1 Å². The number of carbonyl (C=O) groups excluding carboxylic acids is 1. The molecule has 0 unspecified atom stereocenters. The maximum absolute atomic E-state index is 12.0. The Kier molecular flexibility index (Phi) is 5.14. The van der Waals surface area contributed by atoms with Crippen molar-refractivity contribution < 1.29 is 4.79 Å². The molecule has 7 heteroatoms. The van der Waals surface area contributed by atoms with Crippen LogP contribution < -0.4 is 5.32 Å². The van der Waals surface area contributed by atoms with E-state index in [1.165, 1.54) is 6.33 Å². The zero-order chi connectivity index (χ0) is 13.5. The highest BCUT2D eigenvalue weighted by atomic mass is 16.2. The summed E-state index contributed by atoms with van der Waals surface area (Å²) >= 11 is 0. The maximum Gasteiger partial charge on any atom is 0.317 e. The van der Waals surface area contributed by atoms with E-state index in [2.05, 4.69) is 27.3 Å². The third kappa shape index (κ3) is 4.51. The van der Waals surface area contributed by atoms with Crippen LogP contribution >= 0.6 is 0 Å². The fourth-order valence-electron chi connectivity index (χ4n) is 2.15. The van der Waals surface area contributed by atoms with Crippen molar-refractivity contribution in [2.45, 2.75) is 19.4 Å². The van der Waals surface area contributed by atoms with Gasteiger partial charge in [0.15, 0.2) is 0 Å². The van der Waals surface area contributed by atoms with Crippen LogP contribution in [-0.4, -0.2) is 70.4 Å². The molecule has 0 bridgehead atoms. The third-order valence-corrected chi connectivity index (χ3v) is 3.31. The zero-order valence-electron chi connectivity index (χ0n) is 11.5. The Morgan fingerprint density at radius 1 is 1.32 bits per heavy atom. The van der Waals surface area contributed by atoms with Crippen LogP contribution in [-0.2, 0) is 6.54 Å². The lowest BCUT2D eigenvalue weighted by molar-refractivity contribution is 0.199. The molecule has 2 heterocycles. The van der Waals surface area contributed by atoms with Gasteiger partial charge in [0.1, 0.15) is 12.7 Å². The van der Waals surface area contributed by atoms with Crippen LogP contribution in [0.3, 0.4) is 0 Å². The van der Waals surface area contributed by atoms with Gasteiger partial charge >= 0.3 is 6.03 Å². The molecule has 1 aliphatic rings. The number of carbonyl (C=O) groups is 1. The largest absolute Gasteiger partial charge is 0.338 e. The van der Waals surface area contributed by atoms with Gasteiger partial charge in [-0.25, -0.2) is 9.78 Å². The number of likely N-dealkylation sites (N-methyl/N-ethyl adjacent to an activating group) is 1. The van der Waals surface area contributed by atoms with Gasteiger partial charge in [0.2, 0.25) is 0 Å². The Labute approximate surface area is 113 Å². The molecule has 0 aliphatic carbocycles. The molecular weight excluding hydrogens is 244 g/mol. The minimum Gasteiger partial charge on any atom is -0.338 e. The van der Waals surface area contributed by atoms with E-state index in [0.29, 0.717) is 6.54 Å². The molecule has 7 nitrogen and oxygen atoms in total. The Morgan fingerprint density at radius 2 is 2.21 bits per heavy atom. The molecule has 19 heavy (non-hydrogen) atoms. The monoisotopic (exact) mass is 266 g/mol. The SMILES string of the molecule is CN1CCCN(C(=O)NCCCn2cncn2)CC1. The van der Waals surface area contributed by atoms with Crippen molar-refractivity contribution in [1.82, 2.24) is 29.9 Å². The highest BCUT2D eigenvalue weighted by Gasteiger charge is 2.16. The number of urea groups is 1. The number of aryl methyl sites for hydroxylation is 1. The first-order chi connectivity index (χ1) is 9.25. The number of nitrogens with zero attached hydrogens (tertiary/aromatic N) is 5. The predicted molar refractivity (Wildman–Crippen MR) is 71.7 cm³/mol. The summed E-state index contributed by atoms with van der Waals surface area (Å²) in [6.45, 7) is 5.13. The normalized spacial score (nSPS) is 17.2. The number of nitrogens with one attached hydrogen (secondary N) is 1. The Hall–Kier alpha value is -1.63. The van der Waals surface area contributed by atoms with E-state index in [1.807, 2.05) is 4.90 Å². The molecule has 0 aromatic carbocycles. The van der Waals surface area contributed by atoms with Gasteiger partial charge in [-0.1, -0.05) is 0 Å². The molecule has 0 radical (unpaired) electrons. The lowest BCUT2D eigenvalue weighted by Gasteiger charge is -2.21. The van der Waals surface area contributed by atoms with Gasteiger partial charge in [-0.15, -0.1) is 0 Å². The zero-order valence-corrected chi connectivity index (χ0v) is 11.5. The van der Waals surface area contributed by atoms with Crippen molar-refractivity contribution in [2.75, 3.05) is 39.8 Å². The maximum atomic E-state index is 12.0. The standard InChI is InChI=1S/C12H22N6O/c1-16-5-3-6-17(9-8-16)12(19)14-4-2-7-18-11-13-10-15-18/h10-11H,2-9H2,1H3,(H,14,19). The molecule has 1 aromatic rings. The fourth-order valence-corrected chi connectivity index (χ4v) is 2.15. The topological polar surface area (TPSA) is 66.3 Å². The van der Waals surface area contributed by atoms with Gasteiger partial charge in [-0.3, -0.25) is 4.68 Å². The van der Waals surface area contributed by atoms with Crippen LogP contribution in [0.1, 0.15) is 12.8 Å². The average molecular weight is 266 g/mol. The van der Waals surface area contributed by atoms with Gasteiger partial charge in [0.25, 0.3) is 0 Å². The second-order valence-corrected chi connectivity index (χ2v) is 4.89. The first-order valence-corrected chi connectivity index (χ1v) is 6.79. The number of amides is 2. The van der Waals surface area contributed by atoms with Crippen LogP contribution in [0.15, 0.2) is 12.7 Å². The van der Waals surface area contributed by atoms with Crippen molar-refractivity contribution in [2.24, 2.45) is 0 Å². The molecule has 0 atom stereocenters. The van der Waals surface area contributed by atoms with E-state index in [9.17, 15) is 4.79 Å². The summed E-state index contributed by atoms with van der Waals surface area (Å²) in [7, 11) is 2.10. The molecule has 1 aliphatic heterocycles. The van der Waals surface area contributed by atoms with E-state index in [-0.39, 0.29) is 6.03 Å². The van der Waals surface area contributed by atoms with E-state index in [4.69, 9.17) is 0 Å². The quantitative estimate of drug-likeness (QED) is 0.780. The second kappa shape index (κ2) is 7.08. The highest BCUT2D eigenvalue weighted by molar-refractivity contribution is 5.74. The molecule has 2 amide bonds. The molecule has 0 saturated carbocycles. The minimum absolute atomic E-state index is 0.0499. The highest BCUT2D eigenvalue weighted by Crippen LogP contribution is 2.01. The van der Waals surface area contributed by atoms with Crippen molar-refractivity contribution in [3.8, 4) is 0 Å². The Morgan fingerprint density at radius 3 is 3.00 bits per heavy atom. The Balaban J connectivity index is 1.63. The van der Waals surface area contributed by atoms with Gasteiger partial charge in [0, 0.05) is 32.7 Å². The minimum atomic E-state index is 0.0499.